The smallest absolute Gasteiger partial charge is 0.135 e. The summed E-state index contributed by atoms with van der Waals surface area (Å²) in [5.41, 5.74) is 7.05. The summed E-state index contributed by atoms with van der Waals surface area (Å²) >= 11 is 0. The number of hydrogen-bond acceptors (Lipinski definition) is 5. The largest absolute Gasteiger partial charge is 0.383 e. The molecule has 1 heterocycles. The lowest BCUT2D eigenvalue weighted by Gasteiger charge is -2.52. The van der Waals surface area contributed by atoms with E-state index in [9.17, 15) is 0 Å². The van der Waals surface area contributed by atoms with Crippen LogP contribution in [-0.2, 0) is 11.2 Å². The van der Waals surface area contributed by atoms with Crippen LogP contribution in [0, 0.1) is 12.3 Å². The van der Waals surface area contributed by atoms with E-state index >= 15 is 0 Å². The normalized spacial score (nSPS) is 23.7. The molecule has 21 heavy (non-hydrogen) atoms. The molecule has 118 valence electrons. The van der Waals surface area contributed by atoms with Crippen LogP contribution in [0.4, 0.5) is 11.6 Å². The summed E-state index contributed by atoms with van der Waals surface area (Å²) < 4.78 is 5.78. The second-order valence-corrected chi connectivity index (χ2v) is 6.45. The second kappa shape index (κ2) is 6.18. The van der Waals surface area contributed by atoms with E-state index in [1.807, 2.05) is 13.8 Å². The van der Waals surface area contributed by atoms with E-state index in [1.165, 1.54) is 0 Å². The standard InChI is InChI=1S/C16H28N4O/c1-6-8-13-19-14(17)10(3)15(20-13)18-11-9-12(21-7-2)16(11,4)5/h11-12H,6-9H2,1-5H3,(H3,17,18,19,20). The van der Waals surface area contributed by atoms with Crippen molar-refractivity contribution in [3.05, 3.63) is 11.4 Å². The van der Waals surface area contributed by atoms with Gasteiger partial charge in [0, 0.05) is 30.0 Å². The molecule has 0 bridgehead atoms. The Morgan fingerprint density at radius 3 is 2.62 bits per heavy atom. The molecule has 5 heteroatoms. The van der Waals surface area contributed by atoms with Crippen molar-refractivity contribution in [3.8, 4) is 0 Å². The summed E-state index contributed by atoms with van der Waals surface area (Å²) in [6, 6.07) is 0.358. The first kappa shape index (κ1) is 16.0. The predicted octanol–water partition coefficient (Wildman–Crippen LogP) is 2.94. The molecule has 0 aromatic carbocycles. The van der Waals surface area contributed by atoms with Gasteiger partial charge in [-0.3, -0.25) is 0 Å². The van der Waals surface area contributed by atoms with Crippen molar-refractivity contribution in [1.82, 2.24) is 9.97 Å². The molecule has 0 aliphatic heterocycles. The van der Waals surface area contributed by atoms with E-state index in [2.05, 4.69) is 36.1 Å². The quantitative estimate of drug-likeness (QED) is 0.843. The van der Waals surface area contributed by atoms with Crippen molar-refractivity contribution in [2.45, 2.75) is 66.0 Å². The SMILES string of the molecule is CCCc1nc(N)c(C)c(NC2CC(OCC)C2(C)C)n1. The maximum Gasteiger partial charge on any atom is 0.135 e. The molecule has 0 saturated heterocycles. The molecule has 1 fully saturated rings. The first-order valence-corrected chi connectivity index (χ1v) is 7.91. The Hall–Kier alpha value is -1.36. The molecule has 5 nitrogen and oxygen atoms in total. The van der Waals surface area contributed by atoms with E-state index in [1.54, 1.807) is 0 Å². The number of ether oxygens (including phenoxy) is 1. The molecule has 0 spiro atoms. The Morgan fingerprint density at radius 2 is 2.05 bits per heavy atom. The summed E-state index contributed by atoms with van der Waals surface area (Å²) in [5, 5.41) is 3.55. The maximum atomic E-state index is 6.01. The molecule has 2 rings (SSSR count). The minimum atomic E-state index is 0.104. The Morgan fingerprint density at radius 1 is 1.33 bits per heavy atom. The summed E-state index contributed by atoms with van der Waals surface area (Å²) in [5.74, 6) is 2.27. The topological polar surface area (TPSA) is 73.1 Å². The third-order valence-corrected chi connectivity index (χ3v) is 4.56. The van der Waals surface area contributed by atoms with Gasteiger partial charge in [0.05, 0.1) is 6.10 Å². The summed E-state index contributed by atoms with van der Waals surface area (Å²) in [4.78, 5) is 9.00. The summed E-state index contributed by atoms with van der Waals surface area (Å²) in [7, 11) is 0. The Bertz CT molecular complexity index is 501. The highest BCUT2D eigenvalue weighted by atomic mass is 16.5. The van der Waals surface area contributed by atoms with E-state index < -0.39 is 0 Å². The van der Waals surface area contributed by atoms with Gasteiger partial charge in [-0.1, -0.05) is 20.8 Å². The van der Waals surface area contributed by atoms with Crippen LogP contribution in [0.5, 0.6) is 0 Å². The minimum absolute atomic E-state index is 0.104. The van der Waals surface area contributed by atoms with Crippen LogP contribution in [0.2, 0.25) is 0 Å². The van der Waals surface area contributed by atoms with Crippen molar-refractivity contribution in [3.63, 3.8) is 0 Å². The number of anilines is 2. The summed E-state index contributed by atoms with van der Waals surface area (Å²) in [6.45, 7) is 11.4. The number of nitrogens with one attached hydrogen (secondary N) is 1. The van der Waals surface area contributed by atoms with Crippen molar-refractivity contribution < 1.29 is 4.74 Å². The zero-order chi connectivity index (χ0) is 15.6. The lowest BCUT2D eigenvalue weighted by molar-refractivity contribution is -0.0976. The molecular weight excluding hydrogens is 264 g/mol. The van der Waals surface area contributed by atoms with Gasteiger partial charge in [-0.15, -0.1) is 0 Å². The maximum absolute atomic E-state index is 6.01. The van der Waals surface area contributed by atoms with Gasteiger partial charge in [0.2, 0.25) is 0 Å². The molecule has 1 aliphatic carbocycles. The first-order valence-electron chi connectivity index (χ1n) is 7.91. The van der Waals surface area contributed by atoms with Crippen LogP contribution in [0.1, 0.15) is 51.9 Å². The monoisotopic (exact) mass is 292 g/mol. The van der Waals surface area contributed by atoms with Crippen molar-refractivity contribution in [2.24, 2.45) is 5.41 Å². The lowest BCUT2D eigenvalue weighted by atomic mass is 9.64. The van der Waals surface area contributed by atoms with Crippen LogP contribution in [-0.4, -0.2) is 28.7 Å². The van der Waals surface area contributed by atoms with E-state index in [0.29, 0.717) is 18.0 Å². The average molecular weight is 292 g/mol. The molecule has 0 amide bonds. The molecule has 1 aromatic heterocycles. The Balaban J connectivity index is 2.13. The van der Waals surface area contributed by atoms with Gasteiger partial charge in [-0.05, 0) is 26.7 Å². The fourth-order valence-corrected chi connectivity index (χ4v) is 2.84. The minimum Gasteiger partial charge on any atom is -0.383 e. The van der Waals surface area contributed by atoms with Crippen molar-refractivity contribution in [2.75, 3.05) is 17.7 Å². The molecule has 2 atom stereocenters. The number of nitrogens with two attached hydrogens (primary N) is 1. The highest BCUT2D eigenvalue weighted by Crippen LogP contribution is 2.44. The van der Waals surface area contributed by atoms with Gasteiger partial charge in [-0.2, -0.15) is 0 Å². The Kier molecular flexibility index (Phi) is 4.71. The molecule has 2 unspecified atom stereocenters. The van der Waals surface area contributed by atoms with Gasteiger partial charge >= 0.3 is 0 Å². The lowest BCUT2D eigenvalue weighted by Crippen LogP contribution is -2.58. The van der Waals surface area contributed by atoms with Crippen molar-refractivity contribution in [1.29, 1.82) is 0 Å². The number of nitrogen functional groups attached to an aromatic ring is 1. The second-order valence-electron chi connectivity index (χ2n) is 6.45. The van der Waals surface area contributed by atoms with E-state index in [-0.39, 0.29) is 5.41 Å². The van der Waals surface area contributed by atoms with E-state index in [0.717, 1.165) is 43.1 Å². The summed E-state index contributed by atoms with van der Waals surface area (Å²) in [6.07, 6.45) is 3.19. The van der Waals surface area contributed by atoms with Crippen LogP contribution < -0.4 is 11.1 Å². The zero-order valence-electron chi connectivity index (χ0n) is 13.9. The van der Waals surface area contributed by atoms with Gasteiger partial charge in [0.15, 0.2) is 0 Å². The van der Waals surface area contributed by atoms with Gasteiger partial charge in [-0.25, -0.2) is 9.97 Å². The van der Waals surface area contributed by atoms with Crippen molar-refractivity contribution >= 4 is 11.6 Å². The van der Waals surface area contributed by atoms with Crippen LogP contribution in [0.3, 0.4) is 0 Å². The molecule has 1 saturated carbocycles. The average Bonchev–Trinajstić information content (AvgIpc) is 2.43. The number of rotatable bonds is 6. The van der Waals surface area contributed by atoms with E-state index in [4.69, 9.17) is 10.5 Å². The molecule has 1 aromatic rings. The zero-order valence-corrected chi connectivity index (χ0v) is 13.9. The van der Waals surface area contributed by atoms with Gasteiger partial charge in [0.1, 0.15) is 17.5 Å². The van der Waals surface area contributed by atoms with Crippen LogP contribution in [0.25, 0.3) is 0 Å². The van der Waals surface area contributed by atoms with Crippen LogP contribution in [0.15, 0.2) is 0 Å². The number of aromatic nitrogens is 2. The highest BCUT2D eigenvalue weighted by molar-refractivity contribution is 5.55. The number of hydrogen-bond donors (Lipinski definition) is 2. The van der Waals surface area contributed by atoms with Gasteiger partial charge in [0.25, 0.3) is 0 Å². The molecule has 1 aliphatic rings. The van der Waals surface area contributed by atoms with Crippen LogP contribution >= 0.6 is 0 Å². The third-order valence-electron chi connectivity index (χ3n) is 4.56. The van der Waals surface area contributed by atoms with Gasteiger partial charge < -0.3 is 15.8 Å². The Labute approximate surface area is 127 Å². The molecule has 3 N–H and O–H groups in total. The fourth-order valence-electron chi connectivity index (χ4n) is 2.84. The number of aryl methyl sites for hydroxylation is 1. The molecular formula is C16H28N4O. The molecule has 0 radical (unpaired) electrons. The number of nitrogens with zero attached hydrogens (tertiary/aromatic N) is 2. The fraction of sp³-hybridized carbons (Fsp3) is 0.750. The highest BCUT2D eigenvalue weighted by Gasteiger charge is 2.49. The predicted molar refractivity (Wildman–Crippen MR) is 86.4 cm³/mol. The third kappa shape index (κ3) is 3.12. The first-order chi connectivity index (χ1) is 9.90.